The molecule has 0 unspecified atom stereocenters. The lowest BCUT2D eigenvalue weighted by Crippen LogP contribution is -2.49. The van der Waals surface area contributed by atoms with Gasteiger partial charge in [0, 0.05) is 24.2 Å². The molecule has 2 heterocycles. The standard InChI is InChI=1S/C36H37BF3N5O7S/c1-35(2)22-51-37(52-23-35)31-19-18-30(36(38,39)40)33(32(31)34-41-42-43-44(34)20-24-6-12-27(48-3)13-7-24)53(46,47)45(26-10-16-29(50-5)17-11-26)21-25-8-14-28(49-4)15-9-25/h6-19H,20-23H2,1-5H3. The summed E-state index contributed by atoms with van der Waals surface area (Å²) in [5.41, 5.74) is -0.994. The average molecular weight is 752 g/mol. The Kier molecular flexibility index (Phi) is 10.7. The van der Waals surface area contributed by atoms with E-state index in [-0.39, 0.29) is 43.3 Å². The van der Waals surface area contributed by atoms with E-state index in [1.54, 1.807) is 48.5 Å². The van der Waals surface area contributed by atoms with E-state index in [1.165, 1.54) is 50.3 Å². The number of hydrogen-bond acceptors (Lipinski definition) is 10. The fraction of sp³-hybridized carbons (Fsp3) is 0.306. The van der Waals surface area contributed by atoms with Gasteiger partial charge in [-0.15, -0.1) is 5.10 Å². The molecule has 0 bridgehead atoms. The normalized spacial score (nSPS) is 14.5. The van der Waals surface area contributed by atoms with Gasteiger partial charge in [0.25, 0.3) is 10.0 Å². The second-order valence-corrected chi connectivity index (χ2v) is 14.9. The largest absolute Gasteiger partial charge is 0.497 e. The predicted molar refractivity (Wildman–Crippen MR) is 191 cm³/mol. The van der Waals surface area contributed by atoms with Gasteiger partial charge in [-0.25, -0.2) is 13.1 Å². The minimum Gasteiger partial charge on any atom is -0.497 e. The first-order chi connectivity index (χ1) is 25.2. The highest BCUT2D eigenvalue weighted by Gasteiger charge is 2.46. The van der Waals surface area contributed by atoms with Gasteiger partial charge in [-0.05, 0) is 81.6 Å². The molecule has 4 aromatic carbocycles. The molecule has 1 aliphatic heterocycles. The highest BCUT2D eigenvalue weighted by molar-refractivity contribution is 7.93. The number of halogens is 3. The van der Waals surface area contributed by atoms with Crippen LogP contribution in [-0.4, -0.2) is 70.3 Å². The van der Waals surface area contributed by atoms with E-state index in [4.69, 9.17) is 23.5 Å². The fourth-order valence-electron chi connectivity index (χ4n) is 5.85. The maximum absolute atomic E-state index is 15.3. The zero-order valence-corrected chi connectivity index (χ0v) is 30.4. The van der Waals surface area contributed by atoms with Gasteiger partial charge in [0.1, 0.15) is 22.1 Å². The molecule has 17 heteroatoms. The first kappa shape index (κ1) is 37.6. The number of nitrogens with zero attached hydrogens (tertiary/aromatic N) is 5. The van der Waals surface area contributed by atoms with Crippen LogP contribution >= 0.6 is 0 Å². The molecular formula is C36H37BF3N5O7S. The van der Waals surface area contributed by atoms with E-state index < -0.39 is 44.8 Å². The number of methoxy groups -OCH3 is 3. The van der Waals surface area contributed by atoms with E-state index in [1.807, 2.05) is 13.8 Å². The second-order valence-electron chi connectivity index (χ2n) is 13.1. The van der Waals surface area contributed by atoms with Gasteiger partial charge in [-0.2, -0.15) is 13.2 Å². The minimum absolute atomic E-state index is 0.0111. The Balaban J connectivity index is 1.61. The monoisotopic (exact) mass is 751 g/mol. The average Bonchev–Trinajstić information content (AvgIpc) is 3.61. The summed E-state index contributed by atoms with van der Waals surface area (Å²) < 4.78 is 106. The van der Waals surface area contributed by atoms with Crippen LogP contribution in [0.2, 0.25) is 0 Å². The molecule has 0 aliphatic carbocycles. The summed E-state index contributed by atoms with van der Waals surface area (Å²) in [7, 11) is -1.92. The molecule has 5 aromatic rings. The van der Waals surface area contributed by atoms with Crippen LogP contribution in [-0.2, 0) is 38.6 Å². The lowest BCUT2D eigenvalue weighted by atomic mass is 9.72. The molecule has 1 saturated heterocycles. The van der Waals surface area contributed by atoms with E-state index in [9.17, 15) is 0 Å². The molecule has 1 aromatic heterocycles. The molecular weight excluding hydrogens is 714 g/mol. The summed E-state index contributed by atoms with van der Waals surface area (Å²) >= 11 is 0. The third-order valence-corrected chi connectivity index (χ3v) is 10.5. The Hall–Kier alpha value is -5.13. The first-order valence-electron chi connectivity index (χ1n) is 16.4. The highest BCUT2D eigenvalue weighted by Crippen LogP contribution is 2.42. The molecule has 0 radical (unpaired) electrons. The van der Waals surface area contributed by atoms with E-state index in [0.717, 1.165) is 16.4 Å². The maximum Gasteiger partial charge on any atom is 0.494 e. The molecule has 0 N–H and O–H groups in total. The van der Waals surface area contributed by atoms with Gasteiger partial charge in [-0.1, -0.05) is 44.2 Å². The predicted octanol–water partition coefficient (Wildman–Crippen LogP) is 5.60. The van der Waals surface area contributed by atoms with Gasteiger partial charge >= 0.3 is 13.3 Å². The summed E-state index contributed by atoms with van der Waals surface area (Å²) in [5.74, 6) is 1.28. The molecule has 0 atom stereocenters. The number of sulfonamides is 1. The third-order valence-electron chi connectivity index (χ3n) is 8.64. The van der Waals surface area contributed by atoms with E-state index in [2.05, 4.69) is 15.5 Å². The zero-order chi connectivity index (χ0) is 38.0. The van der Waals surface area contributed by atoms with Crippen molar-refractivity contribution in [1.82, 2.24) is 20.2 Å². The van der Waals surface area contributed by atoms with Crippen molar-refractivity contribution in [1.29, 1.82) is 0 Å². The quantitative estimate of drug-likeness (QED) is 0.149. The summed E-state index contributed by atoms with van der Waals surface area (Å²) in [4.78, 5) is -1.06. The van der Waals surface area contributed by atoms with Crippen molar-refractivity contribution < 1.29 is 45.1 Å². The van der Waals surface area contributed by atoms with E-state index in [0.29, 0.717) is 28.4 Å². The van der Waals surface area contributed by atoms with Crippen LogP contribution in [0.4, 0.5) is 18.9 Å². The van der Waals surface area contributed by atoms with Crippen molar-refractivity contribution in [3.8, 4) is 28.6 Å². The molecule has 0 spiro atoms. The molecule has 53 heavy (non-hydrogen) atoms. The highest BCUT2D eigenvalue weighted by atomic mass is 32.2. The van der Waals surface area contributed by atoms with Crippen molar-refractivity contribution in [2.75, 3.05) is 38.8 Å². The molecule has 12 nitrogen and oxygen atoms in total. The Morgan fingerprint density at radius 3 is 1.87 bits per heavy atom. The van der Waals surface area contributed by atoms with Crippen molar-refractivity contribution in [3.63, 3.8) is 0 Å². The number of tetrazole rings is 1. The third kappa shape index (κ3) is 8.11. The van der Waals surface area contributed by atoms with Crippen LogP contribution in [0.15, 0.2) is 89.8 Å². The molecule has 0 amide bonds. The number of rotatable bonds is 12. The SMILES string of the molecule is COc1ccc(CN(c2ccc(OC)cc2)S(=O)(=O)c2c(C(F)(F)F)ccc(B3OCC(C)(C)CO3)c2-c2nnnn2Cc2ccc(OC)cc2)cc1. The molecule has 1 fully saturated rings. The lowest BCUT2D eigenvalue weighted by molar-refractivity contribution is -0.139. The lowest BCUT2D eigenvalue weighted by Gasteiger charge is -2.34. The van der Waals surface area contributed by atoms with Gasteiger partial charge in [0.2, 0.25) is 0 Å². The van der Waals surface area contributed by atoms with E-state index >= 15 is 21.6 Å². The number of benzene rings is 4. The first-order valence-corrected chi connectivity index (χ1v) is 17.8. The summed E-state index contributed by atoms with van der Waals surface area (Å²) in [6.45, 7) is 3.83. The molecule has 278 valence electrons. The van der Waals surface area contributed by atoms with Gasteiger partial charge in [-0.3, -0.25) is 4.31 Å². The Morgan fingerprint density at radius 2 is 1.34 bits per heavy atom. The van der Waals surface area contributed by atoms with Gasteiger partial charge in [0.05, 0.1) is 45.7 Å². The van der Waals surface area contributed by atoms with Crippen molar-refractivity contribution in [2.45, 2.75) is 38.0 Å². The van der Waals surface area contributed by atoms with Crippen LogP contribution < -0.4 is 24.0 Å². The Bertz CT molecular complexity index is 2140. The minimum atomic E-state index is -5.14. The number of anilines is 1. The molecule has 1 aliphatic rings. The van der Waals surface area contributed by atoms with Crippen LogP contribution in [0.5, 0.6) is 17.2 Å². The van der Waals surface area contributed by atoms with Gasteiger partial charge < -0.3 is 23.5 Å². The smallest absolute Gasteiger partial charge is 0.494 e. The maximum atomic E-state index is 15.3. The van der Waals surface area contributed by atoms with Crippen molar-refractivity contribution >= 4 is 28.3 Å². The Morgan fingerprint density at radius 1 is 0.811 bits per heavy atom. The summed E-state index contributed by atoms with van der Waals surface area (Å²) in [6, 6.07) is 21.3. The number of aromatic nitrogens is 4. The van der Waals surface area contributed by atoms with Crippen molar-refractivity contribution in [3.05, 3.63) is 102 Å². The topological polar surface area (TPSA) is 127 Å². The number of alkyl halides is 3. The number of hydrogen-bond donors (Lipinski definition) is 0. The van der Waals surface area contributed by atoms with Crippen LogP contribution in [0.1, 0.15) is 30.5 Å². The van der Waals surface area contributed by atoms with Crippen LogP contribution in [0.25, 0.3) is 11.4 Å². The summed E-state index contributed by atoms with van der Waals surface area (Å²) in [6.07, 6.45) is -5.13. The fourth-order valence-corrected chi connectivity index (χ4v) is 7.72. The Labute approximate surface area is 305 Å². The number of ether oxygens (including phenoxy) is 3. The molecule has 6 rings (SSSR count). The van der Waals surface area contributed by atoms with Crippen LogP contribution in [0.3, 0.4) is 0 Å². The van der Waals surface area contributed by atoms with Crippen LogP contribution in [0, 0.1) is 5.41 Å². The van der Waals surface area contributed by atoms with Gasteiger partial charge in [0.15, 0.2) is 5.82 Å². The zero-order valence-electron chi connectivity index (χ0n) is 29.6. The molecule has 0 saturated carbocycles. The second kappa shape index (κ2) is 15.1. The summed E-state index contributed by atoms with van der Waals surface area (Å²) in [5, 5.41) is 12.0. The van der Waals surface area contributed by atoms with Crippen molar-refractivity contribution in [2.24, 2.45) is 5.41 Å².